The van der Waals surface area contributed by atoms with Crippen molar-refractivity contribution in [1.29, 1.82) is 0 Å². The van der Waals surface area contributed by atoms with Gasteiger partial charge in [0.1, 0.15) is 5.69 Å². The summed E-state index contributed by atoms with van der Waals surface area (Å²) in [5.41, 5.74) is 5.72. The zero-order chi connectivity index (χ0) is 13.8. The first-order valence-corrected chi connectivity index (χ1v) is 6.83. The van der Waals surface area contributed by atoms with Crippen LogP contribution in [0.5, 0.6) is 5.88 Å². The van der Waals surface area contributed by atoms with Gasteiger partial charge in [-0.2, -0.15) is 0 Å². The minimum Gasteiger partial charge on any atom is -0.480 e. The Hall–Kier alpha value is -1.25. The van der Waals surface area contributed by atoms with Crippen LogP contribution in [0.3, 0.4) is 0 Å². The van der Waals surface area contributed by atoms with Gasteiger partial charge in [0.15, 0.2) is 0 Å². The van der Waals surface area contributed by atoms with Crippen molar-refractivity contribution >= 4 is 22.6 Å². The molecule has 19 heavy (non-hydrogen) atoms. The zero-order valence-electron chi connectivity index (χ0n) is 10.7. The van der Waals surface area contributed by atoms with Crippen LogP contribution in [0.2, 0.25) is 0 Å². The van der Waals surface area contributed by atoms with E-state index < -0.39 is 0 Å². The Labute approximate surface area is 125 Å². The van der Waals surface area contributed by atoms with Gasteiger partial charge in [-0.3, -0.25) is 10.8 Å². The first-order chi connectivity index (χ1) is 9.19. The van der Waals surface area contributed by atoms with Gasteiger partial charge in [0, 0.05) is 16.0 Å². The minimum atomic E-state index is -0.254. The number of aryl methyl sites for hydroxylation is 1. The standard InChI is InChI=1S/C13H15IN4O/c1-8-4-3-5-9(10(8)14)11(18-15)12-13(19-2)17-7-6-16-12/h3-7,11,18H,15H2,1-2H3. The van der Waals surface area contributed by atoms with Gasteiger partial charge in [-0.1, -0.05) is 18.2 Å². The number of rotatable bonds is 4. The Kier molecular flexibility index (Phi) is 4.67. The third kappa shape index (κ3) is 2.85. The maximum absolute atomic E-state index is 5.70. The molecule has 100 valence electrons. The van der Waals surface area contributed by atoms with E-state index in [9.17, 15) is 0 Å². The van der Waals surface area contributed by atoms with Crippen molar-refractivity contribution in [2.75, 3.05) is 7.11 Å². The first kappa shape index (κ1) is 14.2. The maximum atomic E-state index is 5.70. The molecule has 1 aromatic heterocycles. The van der Waals surface area contributed by atoms with Crippen molar-refractivity contribution in [1.82, 2.24) is 15.4 Å². The van der Waals surface area contributed by atoms with Gasteiger partial charge >= 0.3 is 0 Å². The summed E-state index contributed by atoms with van der Waals surface area (Å²) < 4.78 is 6.40. The van der Waals surface area contributed by atoms with Crippen molar-refractivity contribution in [2.24, 2.45) is 5.84 Å². The lowest BCUT2D eigenvalue weighted by Gasteiger charge is -2.19. The van der Waals surface area contributed by atoms with E-state index in [4.69, 9.17) is 10.6 Å². The number of hydrogen-bond acceptors (Lipinski definition) is 5. The second-order valence-corrected chi connectivity index (χ2v) is 5.11. The molecule has 2 rings (SSSR count). The number of nitrogens with one attached hydrogen (secondary N) is 1. The van der Waals surface area contributed by atoms with Crippen molar-refractivity contribution in [3.05, 3.63) is 51.0 Å². The minimum absolute atomic E-state index is 0.254. The van der Waals surface area contributed by atoms with Crippen LogP contribution in [-0.4, -0.2) is 17.1 Å². The zero-order valence-corrected chi connectivity index (χ0v) is 12.9. The quantitative estimate of drug-likeness (QED) is 0.489. The van der Waals surface area contributed by atoms with Crippen LogP contribution in [0.4, 0.5) is 0 Å². The second kappa shape index (κ2) is 6.27. The van der Waals surface area contributed by atoms with Crippen LogP contribution in [0.15, 0.2) is 30.6 Å². The van der Waals surface area contributed by atoms with Gasteiger partial charge in [-0.15, -0.1) is 0 Å². The van der Waals surface area contributed by atoms with E-state index in [1.54, 1.807) is 19.5 Å². The Morgan fingerprint density at radius 3 is 2.74 bits per heavy atom. The summed E-state index contributed by atoms with van der Waals surface area (Å²) in [6, 6.07) is 5.83. The summed E-state index contributed by atoms with van der Waals surface area (Å²) in [7, 11) is 1.57. The van der Waals surface area contributed by atoms with Gasteiger partial charge in [-0.05, 0) is 40.6 Å². The lowest BCUT2D eigenvalue weighted by atomic mass is 10.0. The highest BCUT2D eigenvalue weighted by molar-refractivity contribution is 14.1. The lowest BCUT2D eigenvalue weighted by molar-refractivity contribution is 0.383. The molecule has 0 spiro atoms. The molecule has 0 radical (unpaired) electrons. The lowest BCUT2D eigenvalue weighted by Crippen LogP contribution is -2.30. The Bertz CT molecular complexity index is 576. The van der Waals surface area contributed by atoms with Crippen LogP contribution in [0.25, 0.3) is 0 Å². The summed E-state index contributed by atoms with van der Waals surface area (Å²) in [6.07, 6.45) is 3.22. The number of halogens is 1. The van der Waals surface area contributed by atoms with Gasteiger partial charge in [0.2, 0.25) is 5.88 Å². The van der Waals surface area contributed by atoms with Crippen LogP contribution < -0.4 is 16.0 Å². The number of aromatic nitrogens is 2. The molecule has 0 fully saturated rings. The highest BCUT2D eigenvalue weighted by Gasteiger charge is 2.21. The molecular weight excluding hydrogens is 355 g/mol. The van der Waals surface area contributed by atoms with E-state index in [1.807, 2.05) is 12.1 Å². The average Bonchev–Trinajstić information content (AvgIpc) is 2.45. The van der Waals surface area contributed by atoms with E-state index in [-0.39, 0.29) is 6.04 Å². The van der Waals surface area contributed by atoms with Crippen LogP contribution in [0.1, 0.15) is 22.9 Å². The normalized spacial score (nSPS) is 12.2. The largest absolute Gasteiger partial charge is 0.480 e. The number of hydrogen-bond donors (Lipinski definition) is 2. The molecule has 1 aromatic carbocycles. The number of benzene rings is 1. The summed E-state index contributed by atoms with van der Waals surface area (Å²) in [6.45, 7) is 2.06. The highest BCUT2D eigenvalue weighted by atomic mass is 127. The third-order valence-corrected chi connectivity index (χ3v) is 4.33. The van der Waals surface area contributed by atoms with Crippen LogP contribution in [-0.2, 0) is 0 Å². The highest BCUT2D eigenvalue weighted by Crippen LogP contribution is 2.30. The first-order valence-electron chi connectivity index (χ1n) is 5.75. The summed E-state index contributed by atoms with van der Waals surface area (Å²) in [5, 5.41) is 0. The maximum Gasteiger partial charge on any atom is 0.237 e. The molecule has 3 N–H and O–H groups in total. The van der Waals surface area contributed by atoms with Crippen molar-refractivity contribution in [2.45, 2.75) is 13.0 Å². The Morgan fingerprint density at radius 2 is 2.05 bits per heavy atom. The molecular formula is C13H15IN4O. The van der Waals surface area contributed by atoms with Crippen molar-refractivity contribution < 1.29 is 4.74 Å². The van der Waals surface area contributed by atoms with E-state index >= 15 is 0 Å². The fourth-order valence-electron chi connectivity index (χ4n) is 1.90. The summed E-state index contributed by atoms with van der Waals surface area (Å²) in [5.74, 6) is 6.18. The molecule has 1 heterocycles. The predicted molar refractivity (Wildman–Crippen MR) is 81.6 cm³/mol. The van der Waals surface area contributed by atoms with Gasteiger partial charge in [0.05, 0.1) is 13.2 Å². The number of methoxy groups -OCH3 is 1. The monoisotopic (exact) mass is 370 g/mol. The number of hydrazine groups is 1. The molecule has 0 bridgehead atoms. The molecule has 0 saturated carbocycles. The molecule has 0 aliphatic carbocycles. The number of nitrogens with two attached hydrogens (primary N) is 1. The third-order valence-electron chi connectivity index (χ3n) is 2.86. The smallest absolute Gasteiger partial charge is 0.237 e. The molecule has 2 aromatic rings. The fraction of sp³-hybridized carbons (Fsp3) is 0.231. The van der Waals surface area contributed by atoms with Crippen molar-refractivity contribution in [3.63, 3.8) is 0 Å². The van der Waals surface area contributed by atoms with Crippen LogP contribution >= 0.6 is 22.6 Å². The van der Waals surface area contributed by atoms with Gasteiger partial charge in [-0.25, -0.2) is 10.4 Å². The molecule has 6 heteroatoms. The van der Waals surface area contributed by atoms with E-state index in [0.29, 0.717) is 11.6 Å². The molecule has 0 saturated heterocycles. The SMILES string of the molecule is COc1nccnc1C(NN)c1cccc(C)c1I. The summed E-state index contributed by atoms with van der Waals surface area (Å²) in [4.78, 5) is 8.50. The molecule has 0 aliphatic heterocycles. The average molecular weight is 370 g/mol. The molecule has 0 amide bonds. The van der Waals surface area contributed by atoms with E-state index in [0.717, 1.165) is 9.13 Å². The molecule has 1 atom stereocenters. The summed E-state index contributed by atoms with van der Waals surface area (Å²) >= 11 is 2.31. The van der Waals surface area contributed by atoms with E-state index in [1.165, 1.54) is 5.56 Å². The molecule has 0 aliphatic rings. The van der Waals surface area contributed by atoms with Crippen LogP contribution in [0, 0.1) is 10.5 Å². The van der Waals surface area contributed by atoms with Gasteiger partial charge in [0.25, 0.3) is 0 Å². The van der Waals surface area contributed by atoms with Crippen molar-refractivity contribution in [3.8, 4) is 5.88 Å². The Balaban J connectivity index is 2.53. The molecule has 1 unspecified atom stereocenters. The van der Waals surface area contributed by atoms with E-state index in [2.05, 4.69) is 51.0 Å². The number of nitrogens with zero attached hydrogens (tertiary/aromatic N) is 2. The Morgan fingerprint density at radius 1 is 1.32 bits per heavy atom. The van der Waals surface area contributed by atoms with Gasteiger partial charge < -0.3 is 4.74 Å². The molecule has 5 nitrogen and oxygen atoms in total. The predicted octanol–water partition coefficient (Wildman–Crippen LogP) is 1.95. The number of ether oxygens (including phenoxy) is 1. The fourth-order valence-corrected chi connectivity index (χ4v) is 2.57. The second-order valence-electron chi connectivity index (χ2n) is 4.03. The topological polar surface area (TPSA) is 73.1 Å².